The van der Waals surface area contributed by atoms with Gasteiger partial charge in [0.05, 0.1) is 4.90 Å². The average molecular weight is 404 g/mol. The molecule has 0 radical (unpaired) electrons. The summed E-state index contributed by atoms with van der Waals surface area (Å²) in [4.78, 5) is 15.1. The molecule has 1 saturated heterocycles. The second-order valence-electron chi connectivity index (χ2n) is 8.06. The Bertz CT molecular complexity index is 964. The molecule has 1 aliphatic heterocycles. The van der Waals surface area contributed by atoms with Crippen molar-refractivity contribution in [2.45, 2.75) is 43.2 Å². The van der Waals surface area contributed by atoms with Crippen LogP contribution in [-0.4, -0.2) is 49.8 Å². The van der Waals surface area contributed by atoms with E-state index in [1.54, 1.807) is 18.2 Å². The van der Waals surface area contributed by atoms with Crippen LogP contribution in [0.4, 0.5) is 0 Å². The van der Waals surface area contributed by atoms with Crippen molar-refractivity contribution in [3.05, 3.63) is 47.3 Å². The molecular weight excluding hydrogens is 378 g/mol. The van der Waals surface area contributed by atoms with Crippen LogP contribution in [0.15, 0.2) is 39.8 Å². The van der Waals surface area contributed by atoms with Crippen LogP contribution < -0.4 is 5.32 Å². The van der Waals surface area contributed by atoms with Crippen LogP contribution in [0.3, 0.4) is 0 Å². The molecule has 1 aromatic heterocycles. The lowest BCUT2D eigenvalue weighted by Gasteiger charge is -2.17. The van der Waals surface area contributed by atoms with E-state index in [2.05, 4.69) is 22.3 Å². The molecule has 2 aromatic rings. The molecule has 0 spiro atoms. The third-order valence-electron chi connectivity index (χ3n) is 5.50. The molecule has 1 aliphatic carbocycles. The first kappa shape index (κ1) is 19.1. The first-order valence-corrected chi connectivity index (χ1v) is 11.5. The molecule has 2 fully saturated rings. The molecule has 1 aromatic carbocycles. The number of likely N-dealkylation sites (tertiary alicyclic amines) is 1. The number of aromatic nitrogens is 1. The zero-order valence-electron chi connectivity index (χ0n) is 16.1. The average Bonchev–Trinajstić information content (AvgIpc) is 3.26. The highest BCUT2D eigenvalue weighted by Crippen LogP contribution is 2.40. The van der Waals surface area contributed by atoms with Gasteiger partial charge in [-0.2, -0.15) is 0 Å². The monoisotopic (exact) mass is 403 g/mol. The van der Waals surface area contributed by atoms with Crippen molar-refractivity contribution in [1.82, 2.24) is 15.4 Å². The lowest BCUT2D eigenvalue weighted by Crippen LogP contribution is -2.39. The number of hydrogen-bond acceptors (Lipinski definition) is 6. The summed E-state index contributed by atoms with van der Waals surface area (Å²) >= 11 is 0. The molecule has 1 amide bonds. The van der Waals surface area contributed by atoms with E-state index in [1.807, 2.05) is 12.1 Å². The summed E-state index contributed by atoms with van der Waals surface area (Å²) in [7, 11) is -3.18. The highest BCUT2D eigenvalue weighted by Gasteiger charge is 2.33. The smallest absolute Gasteiger partial charge is 0.273 e. The summed E-state index contributed by atoms with van der Waals surface area (Å²) in [5.74, 6) is 1.37. The molecule has 2 heterocycles. The van der Waals surface area contributed by atoms with E-state index < -0.39 is 9.84 Å². The van der Waals surface area contributed by atoms with Crippen molar-refractivity contribution in [2.75, 3.05) is 19.3 Å². The summed E-state index contributed by atoms with van der Waals surface area (Å²) in [6.07, 6.45) is 3.42. The molecule has 150 valence electrons. The topological polar surface area (TPSA) is 92.5 Å². The largest absolute Gasteiger partial charge is 0.360 e. The number of amides is 1. The predicted molar refractivity (Wildman–Crippen MR) is 104 cm³/mol. The van der Waals surface area contributed by atoms with Gasteiger partial charge in [0.25, 0.3) is 5.91 Å². The van der Waals surface area contributed by atoms with Gasteiger partial charge in [-0.1, -0.05) is 24.2 Å². The summed E-state index contributed by atoms with van der Waals surface area (Å²) in [6.45, 7) is 4.45. The van der Waals surface area contributed by atoms with Crippen LogP contribution in [0.5, 0.6) is 0 Å². The van der Waals surface area contributed by atoms with Gasteiger partial charge in [0.15, 0.2) is 15.5 Å². The highest BCUT2D eigenvalue weighted by molar-refractivity contribution is 7.90. The number of sulfone groups is 1. The first-order chi connectivity index (χ1) is 13.3. The number of carbonyl (C=O) groups is 1. The van der Waals surface area contributed by atoms with Gasteiger partial charge in [0, 0.05) is 43.9 Å². The quantitative estimate of drug-likeness (QED) is 0.795. The van der Waals surface area contributed by atoms with Crippen LogP contribution in [0.2, 0.25) is 0 Å². The Balaban J connectivity index is 1.34. The lowest BCUT2D eigenvalue weighted by molar-refractivity contribution is 0.0922. The Morgan fingerprint density at radius 2 is 1.96 bits per heavy atom. The fourth-order valence-electron chi connectivity index (χ4n) is 3.68. The standard InChI is InChI=1S/C20H25N3O4S/c1-13-10-23(11-14-3-7-16(8-4-14)28(2,25)26)12-18(13)21-20(24)17-9-19(27-22-17)15-5-6-15/h3-4,7-9,13,15,18H,5-6,10-12H2,1-2H3,(H,21,24)/t13-,18+/m0/s1. The maximum absolute atomic E-state index is 12.5. The minimum absolute atomic E-state index is 0.0452. The van der Waals surface area contributed by atoms with E-state index in [1.165, 1.54) is 6.26 Å². The maximum Gasteiger partial charge on any atom is 0.273 e. The van der Waals surface area contributed by atoms with Crippen molar-refractivity contribution in [3.8, 4) is 0 Å². The summed E-state index contributed by atoms with van der Waals surface area (Å²) < 4.78 is 28.4. The minimum atomic E-state index is -3.18. The number of carbonyl (C=O) groups excluding carboxylic acids is 1. The molecule has 28 heavy (non-hydrogen) atoms. The Kier molecular flexibility index (Phi) is 5.01. The molecule has 0 bridgehead atoms. The molecule has 2 aliphatic rings. The van der Waals surface area contributed by atoms with Crippen molar-refractivity contribution in [1.29, 1.82) is 0 Å². The van der Waals surface area contributed by atoms with Gasteiger partial charge in [-0.25, -0.2) is 8.42 Å². The second-order valence-corrected chi connectivity index (χ2v) is 10.1. The summed E-state index contributed by atoms with van der Waals surface area (Å²) in [6, 6.07) is 8.79. The summed E-state index contributed by atoms with van der Waals surface area (Å²) in [5, 5.41) is 6.99. The fourth-order valence-corrected chi connectivity index (χ4v) is 4.31. The van der Waals surface area contributed by atoms with E-state index >= 15 is 0 Å². The van der Waals surface area contributed by atoms with Gasteiger partial charge in [-0.15, -0.1) is 0 Å². The van der Waals surface area contributed by atoms with E-state index in [4.69, 9.17) is 4.52 Å². The van der Waals surface area contributed by atoms with Crippen LogP contribution in [-0.2, 0) is 16.4 Å². The molecule has 7 nitrogen and oxygen atoms in total. The minimum Gasteiger partial charge on any atom is -0.360 e. The SMILES string of the molecule is C[C@H]1CN(Cc2ccc(S(C)(=O)=O)cc2)C[C@H]1NC(=O)c1cc(C2CC2)on1. The van der Waals surface area contributed by atoms with E-state index in [-0.39, 0.29) is 11.9 Å². The molecule has 1 saturated carbocycles. The molecular formula is C20H25N3O4S. The van der Waals surface area contributed by atoms with Gasteiger partial charge >= 0.3 is 0 Å². The Morgan fingerprint density at radius 3 is 2.61 bits per heavy atom. The van der Waals surface area contributed by atoms with Gasteiger partial charge < -0.3 is 9.84 Å². The highest BCUT2D eigenvalue weighted by atomic mass is 32.2. The zero-order valence-corrected chi connectivity index (χ0v) is 16.9. The van der Waals surface area contributed by atoms with Crippen molar-refractivity contribution in [3.63, 3.8) is 0 Å². The second kappa shape index (κ2) is 7.33. The van der Waals surface area contributed by atoms with Gasteiger partial charge in [0.1, 0.15) is 5.76 Å². The van der Waals surface area contributed by atoms with Crippen LogP contribution in [0.1, 0.15) is 47.5 Å². The van der Waals surface area contributed by atoms with Crippen LogP contribution >= 0.6 is 0 Å². The molecule has 4 rings (SSSR count). The van der Waals surface area contributed by atoms with E-state index in [0.717, 1.165) is 43.8 Å². The van der Waals surface area contributed by atoms with Crippen molar-refractivity contribution >= 4 is 15.7 Å². The normalized spacial score (nSPS) is 23.1. The number of benzene rings is 1. The van der Waals surface area contributed by atoms with Crippen LogP contribution in [0, 0.1) is 5.92 Å². The van der Waals surface area contributed by atoms with E-state index in [0.29, 0.717) is 22.4 Å². The van der Waals surface area contributed by atoms with Crippen LogP contribution in [0.25, 0.3) is 0 Å². The first-order valence-electron chi connectivity index (χ1n) is 9.58. The lowest BCUT2D eigenvalue weighted by atomic mass is 10.1. The zero-order chi connectivity index (χ0) is 19.9. The molecule has 0 unspecified atom stereocenters. The number of hydrogen-bond donors (Lipinski definition) is 1. The number of nitrogens with one attached hydrogen (secondary N) is 1. The maximum atomic E-state index is 12.5. The third kappa shape index (κ3) is 4.28. The predicted octanol–water partition coefficient (Wildman–Crippen LogP) is 2.21. The van der Waals surface area contributed by atoms with Crippen molar-refractivity contribution < 1.29 is 17.7 Å². The van der Waals surface area contributed by atoms with Gasteiger partial charge in [0.2, 0.25) is 0 Å². The molecule has 2 atom stereocenters. The Hall–Kier alpha value is -2.19. The third-order valence-corrected chi connectivity index (χ3v) is 6.63. The van der Waals surface area contributed by atoms with Crippen molar-refractivity contribution in [2.24, 2.45) is 5.92 Å². The Labute approximate surface area is 165 Å². The van der Waals surface area contributed by atoms with Gasteiger partial charge in [-0.05, 0) is 36.5 Å². The molecule has 1 N–H and O–H groups in total. The fraction of sp³-hybridized carbons (Fsp3) is 0.500. The molecule has 8 heteroatoms. The number of rotatable bonds is 6. The summed E-state index contributed by atoms with van der Waals surface area (Å²) in [5.41, 5.74) is 1.40. The number of nitrogens with zero attached hydrogens (tertiary/aromatic N) is 2. The van der Waals surface area contributed by atoms with Gasteiger partial charge in [-0.3, -0.25) is 9.69 Å². The van der Waals surface area contributed by atoms with E-state index in [9.17, 15) is 13.2 Å². The Morgan fingerprint density at radius 1 is 1.25 bits per heavy atom.